The van der Waals surface area contributed by atoms with Gasteiger partial charge in [-0.2, -0.15) is 0 Å². The number of hydrogen-bond donors (Lipinski definition) is 1. The van der Waals surface area contributed by atoms with Crippen molar-refractivity contribution in [3.63, 3.8) is 0 Å². The van der Waals surface area contributed by atoms with Crippen molar-refractivity contribution in [2.24, 2.45) is 0 Å². The highest BCUT2D eigenvalue weighted by Crippen LogP contribution is 2.17. The number of nitrogens with zero attached hydrogens (tertiary/aromatic N) is 2. The predicted molar refractivity (Wildman–Crippen MR) is 58.2 cm³/mol. The van der Waals surface area contributed by atoms with Gasteiger partial charge in [-0.3, -0.25) is 0 Å². The number of anilines is 1. The van der Waals surface area contributed by atoms with Crippen molar-refractivity contribution in [1.29, 1.82) is 0 Å². The molecule has 0 radical (unpaired) electrons. The van der Waals surface area contributed by atoms with Crippen LogP contribution in [0, 0.1) is 0 Å². The lowest BCUT2D eigenvalue weighted by molar-refractivity contribution is 0.839. The largest absolute Gasteiger partial charge is 0.368 e. The van der Waals surface area contributed by atoms with Crippen LogP contribution in [0.1, 0.15) is 13.3 Å². The summed E-state index contributed by atoms with van der Waals surface area (Å²) in [5, 5.41) is 3.27. The highest BCUT2D eigenvalue weighted by Gasteiger charge is 2.03. The summed E-state index contributed by atoms with van der Waals surface area (Å²) in [6, 6.07) is 0. The Morgan fingerprint density at radius 3 is 3.08 bits per heavy atom. The van der Waals surface area contributed by atoms with Gasteiger partial charge in [0.15, 0.2) is 0 Å². The number of alkyl halides is 1. The lowest BCUT2D eigenvalue weighted by Gasteiger charge is -2.09. The fraction of sp³-hybridized carbons (Fsp3) is 0.500. The second-order valence-corrected chi connectivity index (χ2v) is 4.08. The third kappa shape index (κ3) is 3.48. The molecule has 5 heteroatoms. The molecule has 1 N–H and O–H groups in total. The van der Waals surface area contributed by atoms with Crippen molar-refractivity contribution in [3.05, 3.63) is 17.0 Å². The normalized spacial score (nSPS) is 12.5. The minimum atomic E-state index is 0.141. The minimum absolute atomic E-state index is 0.141. The molecule has 0 aliphatic heterocycles. The van der Waals surface area contributed by atoms with E-state index in [4.69, 9.17) is 11.6 Å². The number of aromatic nitrogens is 2. The first-order chi connectivity index (χ1) is 6.24. The molecule has 0 saturated heterocycles. The van der Waals surface area contributed by atoms with Crippen LogP contribution in [0.15, 0.2) is 17.0 Å². The fourth-order valence-corrected chi connectivity index (χ4v) is 1.23. The molecular formula is C8H11BrClN3. The first-order valence-corrected chi connectivity index (χ1v) is 5.30. The summed E-state index contributed by atoms with van der Waals surface area (Å²) in [4.78, 5) is 7.92. The van der Waals surface area contributed by atoms with Gasteiger partial charge in [0.05, 0.1) is 9.85 Å². The predicted octanol–water partition coefficient (Wildman–Crippen LogP) is 2.67. The van der Waals surface area contributed by atoms with Crippen LogP contribution in [0.4, 0.5) is 5.82 Å². The molecule has 13 heavy (non-hydrogen) atoms. The molecule has 0 fully saturated rings. The van der Waals surface area contributed by atoms with E-state index in [9.17, 15) is 0 Å². The van der Waals surface area contributed by atoms with Gasteiger partial charge in [-0.05, 0) is 22.4 Å². The Kier molecular flexibility index (Phi) is 4.45. The van der Waals surface area contributed by atoms with E-state index in [0.29, 0.717) is 6.54 Å². The third-order valence-electron chi connectivity index (χ3n) is 1.60. The average Bonchev–Trinajstić information content (AvgIpc) is 2.16. The quantitative estimate of drug-likeness (QED) is 0.850. The molecule has 0 bridgehead atoms. The van der Waals surface area contributed by atoms with Crippen LogP contribution < -0.4 is 5.32 Å². The average molecular weight is 265 g/mol. The summed E-state index contributed by atoms with van der Waals surface area (Å²) in [5.41, 5.74) is 0. The molecule has 1 aromatic heterocycles. The lowest BCUT2D eigenvalue weighted by Crippen LogP contribution is -2.14. The first-order valence-electron chi connectivity index (χ1n) is 4.07. The molecule has 0 aliphatic carbocycles. The van der Waals surface area contributed by atoms with Crippen LogP contribution in [-0.4, -0.2) is 21.9 Å². The summed E-state index contributed by atoms with van der Waals surface area (Å²) < 4.78 is 0.856. The number of halogens is 2. The van der Waals surface area contributed by atoms with Gasteiger partial charge in [0.1, 0.15) is 12.1 Å². The summed E-state index contributed by atoms with van der Waals surface area (Å²) in [6.45, 7) is 2.77. The zero-order valence-corrected chi connectivity index (χ0v) is 9.64. The molecule has 1 aromatic rings. The van der Waals surface area contributed by atoms with Crippen LogP contribution >= 0.6 is 27.5 Å². The van der Waals surface area contributed by atoms with Gasteiger partial charge in [0.25, 0.3) is 0 Å². The second-order valence-electron chi connectivity index (χ2n) is 2.61. The molecule has 0 saturated carbocycles. The first kappa shape index (κ1) is 10.7. The Labute approximate surface area is 91.1 Å². The van der Waals surface area contributed by atoms with Crippen LogP contribution in [0.5, 0.6) is 0 Å². The second kappa shape index (κ2) is 5.40. The van der Waals surface area contributed by atoms with Crippen molar-refractivity contribution in [2.45, 2.75) is 18.7 Å². The van der Waals surface area contributed by atoms with E-state index in [1.165, 1.54) is 6.33 Å². The molecular weight excluding hydrogens is 253 g/mol. The molecule has 1 rings (SSSR count). The maximum absolute atomic E-state index is 5.95. The number of nitrogens with one attached hydrogen (secondary N) is 1. The van der Waals surface area contributed by atoms with Gasteiger partial charge >= 0.3 is 0 Å². The summed E-state index contributed by atoms with van der Waals surface area (Å²) in [7, 11) is 0. The van der Waals surface area contributed by atoms with Crippen LogP contribution in [0.25, 0.3) is 0 Å². The smallest absolute Gasteiger partial charge is 0.143 e. The molecule has 1 heterocycles. The lowest BCUT2D eigenvalue weighted by atomic mass is 10.3. The summed E-state index contributed by atoms with van der Waals surface area (Å²) in [6.07, 6.45) is 4.14. The minimum Gasteiger partial charge on any atom is -0.368 e. The van der Waals surface area contributed by atoms with Gasteiger partial charge in [0.2, 0.25) is 0 Å². The highest BCUT2D eigenvalue weighted by molar-refractivity contribution is 9.10. The maximum atomic E-state index is 5.95. The van der Waals surface area contributed by atoms with Crippen molar-refractivity contribution < 1.29 is 0 Å². The van der Waals surface area contributed by atoms with Crippen LogP contribution in [0.2, 0.25) is 0 Å². The van der Waals surface area contributed by atoms with E-state index in [2.05, 4.69) is 31.2 Å². The molecule has 1 unspecified atom stereocenters. The molecule has 0 aromatic carbocycles. The van der Waals surface area contributed by atoms with Crippen molar-refractivity contribution in [2.75, 3.05) is 11.9 Å². The summed E-state index contributed by atoms with van der Waals surface area (Å²) in [5.74, 6) is 0.786. The van der Waals surface area contributed by atoms with E-state index in [1.54, 1.807) is 6.20 Å². The van der Waals surface area contributed by atoms with Crippen LogP contribution in [0.3, 0.4) is 0 Å². The maximum Gasteiger partial charge on any atom is 0.143 e. The van der Waals surface area contributed by atoms with Gasteiger partial charge in [-0.1, -0.05) is 6.92 Å². The van der Waals surface area contributed by atoms with Gasteiger partial charge in [-0.15, -0.1) is 11.6 Å². The van der Waals surface area contributed by atoms with E-state index < -0.39 is 0 Å². The molecule has 1 atom stereocenters. The highest BCUT2D eigenvalue weighted by atomic mass is 79.9. The third-order valence-corrected chi connectivity index (χ3v) is 2.64. The van der Waals surface area contributed by atoms with Crippen molar-refractivity contribution >= 4 is 33.3 Å². The standard InChI is InChI=1S/C8H11BrClN3/c1-2-6(10)3-12-8-7(9)4-11-5-13-8/h4-6H,2-3H2,1H3,(H,11,12,13). The zero-order valence-electron chi connectivity index (χ0n) is 7.30. The molecule has 3 nitrogen and oxygen atoms in total. The van der Waals surface area contributed by atoms with Gasteiger partial charge in [0, 0.05) is 12.7 Å². The van der Waals surface area contributed by atoms with E-state index >= 15 is 0 Å². The van der Waals surface area contributed by atoms with Crippen molar-refractivity contribution in [1.82, 2.24) is 9.97 Å². The van der Waals surface area contributed by atoms with Crippen molar-refractivity contribution in [3.8, 4) is 0 Å². The van der Waals surface area contributed by atoms with E-state index in [0.717, 1.165) is 16.7 Å². The Balaban J connectivity index is 2.50. The van der Waals surface area contributed by atoms with E-state index in [-0.39, 0.29) is 5.38 Å². The monoisotopic (exact) mass is 263 g/mol. The SMILES string of the molecule is CCC(Cl)CNc1ncncc1Br. The molecule has 72 valence electrons. The van der Waals surface area contributed by atoms with Crippen LogP contribution in [-0.2, 0) is 0 Å². The Morgan fingerprint density at radius 1 is 1.69 bits per heavy atom. The number of rotatable bonds is 4. The van der Waals surface area contributed by atoms with E-state index in [1.807, 2.05) is 6.92 Å². The Morgan fingerprint density at radius 2 is 2.46 bits per heavy atom. The molecule has 0 spiro atoms. The zero-order chi connectivity index (χ0) is 9.68. The molecule has 0 aliphatic rings. The Hall–Kier alpha value is -0.350. The fourth-order valence-electron chi connectivity index (χ4n) is 0.794. The summed E-state index contributed by atoms with van der Waals surface area (Å²) >= 11 is 9.28. The van der Waals surface area contributed by atoms with Gasteiger partial charge < -0.3 is 5.32 Å². The Bertz CT molecular complexity index is 269. The topological polar surface area (TPSA) is 37.8 Å². The molecule has 0 amide bonds. The number of hydrogen-bond acceptors (Lipinski definition) is 3. The van der Waals surface area contributed by atoms with Gasteiger partial charge in [-0.25, -0.2) is 9.97 Å².